The van der Waals surface area contributed by atoms with Crippen molar-refractivity contribution in [2.24, 2.45) is 5.41 Å². The van der Waals surface area contributed by atoms with E-state index in [0.29, 0.717) is 5.41 Å². The first kappa shape index (κ1) is 12.8. The van der Waals surface area contributed by atoms with Gasteiger partial charge in [-0.25, -0.2) is 0 Å². The maximum atomic E-state index is 11.2. The molecule has 106 valence electrons. The molecule has 0 amide bonds. The summed E-state index contributed by atoms with van der Waals surface area (Å²) in [5, 5.41) is 14.6. The SMILES string of the molecule is OC1(c2cccc3ccsc23)CCC2(CCCC2)CC1. The number of thiophene rings is 1. The zero-order chi connectivity index (χ0) is 13.6. The highest BCUT2D eigenvalue weighted by atomic mass is 32.1. The van der Waals surface area contributed by atoms with Gasteiger partial charge < -0.3 is 5.11 Å². The molecule has 1 heterocycles. The van der Waals surface area contributed by atoms with Crippen LogP contribution in [0.15, 0.2) is 29.6 Å². The molecule has 2 aromatic rings. The van der Waals surface area contributed by atoms with Crippen molar-refractivity contribution < 1.29 is 5.11 Å². The zero-order valence-electron chi connectivity index (χ0n) is 11.9. The summed E-state index contributed by atoms with van der Waals surface area (Å²) in [6.07, 6.45) is 9.92. The van der Waals surface area contributed by atoms with Gasteiger partial charge in [0.1, 0.15) is 0 Å². The average Bonchev–Trinajstić information content (AvgIpc) is 3.12. The molecule has 1 aromatic heterocycles. The fraction of sp³-hybridized carbons (Fsp3) is 0.556. The van der Waals surface area contributed by atoms with Crippen LogP contribution < -0.4 is 0 Å². The van der Waals surface area contributed by atoms with Crippen LogP contribution in [0.3, 0.4) is 0 Å². The van der Waals surface area contributed by atoms with Gasteiger partial charge in [0.2, 0.25) is 0 Å². The van der Waals surface area contributed by atoms with E-state index >= 15 is 0 Å². The lowest BCUT2D eigenvalue weighted by atomic mass is 9.66. The Labute approximate surface area is 124 Å². The van der Waals surface area contributed by atoms with Crippen molar-refractivity contribution in [3.8, 4) is 0 Å². The van der Waals surface area contributed by atoms with Crippen LogP contribution >= 0.6 is 11.3 Å². The second kappa shape index (κ2) is 4.57. The highest BCUT2D eigenvalue weighted by Crippen LogP contribution is 2.54. The lowest BCUT2D eigenvalue weighted by Crippen LogP contribution is -2.36. The number of hydrogen-bond acceptors (Lipinski definition) is 2. The lowest BCUT2D eigenvalue weighted by Gasteiger charge is -2.42. The molecule has 2 heteroatoms. The Balaban J connectivity index is 1.66. The molecule has 0 bridgehead atoms. The van der Waals surface area contributed by atoms with Crippen molar-refractivity contribution in [1.29, 1.82) is 0 Å². The van der Waals surface area contributed by atoms with Gasteiger partial charge in [0.05, 0.1) is 5.60 Å². The minimum atomic E-state index is -0.585. The molecule has 20 heavy (non-hydrogen) atoms. The van der Waals surface area contributed by atoms with Gasteiger partial charge in [0.25, 0.3) is 0 Å². The molecule has 0 atom stereocenters. The van der Waals surface area contributed by atoms with Gasteiger partial charge in [-0.2, -0.15) is 0 Å². The monoisotopic (exact) mass is 286 g/mol. The minimum Gasteiger partial charge on any atom is -0.385 e. The van der Waals surface area contributed by atoms with Crippen molar-refractivity contribution in [3.05, 3.63) is 35.2 Å². The number of hydrogen-bond donors (Lipinski definition) is 1. The van der Waals surface area contributed by atoms with Gasteiger partial charge in [-0.05, 0) is 60.8 Å². The Bertz CT molecular complexity index is 611. The van der Waals surface area contributed by atoms with E-state index in [1.54, 1.807) is 11.3 Å². The molecule has 1 nitrogen and oxygen atoms in total. The van der Waals surface area contributed by atoms with Crippen molar-refractivity contribution in [2.45, 2.75) is 57.0 Å². The highest BCUT2D eigenvalue weighted by Gasteiger charge is 2.44. The van der Waals surface area contributed by atoms with Crippen LogP contribution in [0.1, 0.15) is 56.9 Å². The van der Waals surface area contributed by atoms with Crippen LogP contribution in [-0.4, -0.2) is 5.11 Å². The van der Waals surface area contributed by atoms with Crippen LogP contribution in [0, 0.1) is 5.41 Å². The van der Waals surface area contributed by atoms with E-state index < -0.39 is 5.60 Å². The Hall–Kier alpha value is -0.860. The van der Waals surface area contributed by atoms with Gasteiger partial charge in [-0.1, -0.05) is 31.0 Å². The predicted octanol–water partition coefficient (Wildman–Crippen LogP) is 5.22. The van der Waals surface area contributed by atoms with Crippen LogP contribution in [0.25, 0.3) is 10.1 Å². The summed E-state index contributed by atoms with van der Waals surface area (Å²) >= 11 is 1.77. The fourth-order valence-electron chi connectivity index (χ4n) is 4.45. The van der Waals surface area contributed by atoms with Crippen molar-refractivity contribution in [2.75, 3.05) is 0 Å². The van der Waals surface area contributed by atoms with E-state index in [0.717, 1.165) is 12.8 Å². The second-order valence-corrected chi connectivity index (χ2v) is 7.80. The molecule has 1 spiro atoms. The van der Waals surface area contributed by atoms with E-state index in [1.165, 1.54) is 54.2 Å². The number of fused-ring (bicyclic) bond motifs is 1. The summed E-state index contributed by atoms with van der Waals surface area (Å²) in [4.78, 5) is 0. The fourth-order valence-corrected chi connectivity index (χ4v) is 5.46. The Morgan fingerprint density at radius 1 is 0.900 bits per heavy atom. The first-order valence-corrected chi connectivity index (χ1v) is 8.78. The van der Waals surface area contributed by atoms with Gasteiger partial charge in [0, 0.05) is 10.3 Å². The first-order valence-electron chi connectivity index (χ1n) is 7.90. The van der Waals surface area contributed by atoms with Crippen LogP contribution in [0.2, 0.25) is 0 Å². The summed E-state index contributed by atoms with van der Waals surface area (Å²) in [6.45, 7) is 0. The molecule has 2 aliphatic rings. The minimum absolute atomic E-state index is 0.579. The molecule has 1 N–H and O–H groups in total. The third kappa shape index (κ3) is 1.93. The Morgan fingerprint density at radius 2 is 1.65 bits per heavy atom. The molecule has 1 aromatic carbocycles. The molecule has 0 radical (unpaired) electrons. The molecule has 2 aliphatic carbocycles. The normalized spacial score (nSPS) is 24.4. The standard InChI is InChI=1S/C18H22OS/c19-18(11-9-17(10-12-18)7-1-2-8-17)15-5-3-4-14-6-13-20-16(14)15/h3-6,13,19H,1-2,7-12H2. The van der Waals surface area contributed by atoms with Crippen molar-refractivity contribution >= 4 is 21.4 Å². The number of benzene rings is 1. The Kier molecular flexibility index (Phi) is 2.94. The molecule has 2 saturated carbocycles. The smallest absolute Gasteiger partial charge is 0.0910 e. The van der Waals surface area contributed by atoms with Crippen LogP contribution in [-0.2, 0) is 5.60 Å². The second-order valence-electron chi connectivity index (χ2n) is 6.88. The summed E-state index contributed by atoms with van der Waals surface area (Å²) in [5.41, 5.74) is 1.17. The molecule has 0 saturated heterocycles. The van der Waals surface area contributed by atoms with E-state index in [9.17, 15) is 5.11 Å². The quantitative estimate of drug-likeness (QED) is 0.761. The molecular weight excluding hydrogens is 264 g/mol. The topological polar surface area (TPSA) is 20.2 Å². The number of aliphatic hydroxyl groups is 1. The molecule has 4 rings (SSSR count). The number of rotatable bonds is 1. The van der Waals surface area contributed by atoms with Crippen LogP contribution in [0.5, 0.6) is 0 Å². The van der Waals surface area contributed by atoms with Gasteiger partial charge >= 0.3 is 0 Å². The maximum absolute atomic E-state index is 11.2. The summed E-state index contributed by atoms with van der Waals surface area (Å²) in [6, 6.07) is 8.56. The van der Waals surface area contributed by atoms with Crippen molar-refractivity contribution in [3.63, 3.8) is 0 Å². The average molecular weight is 286 g/mol. The molecule has 0 aliphatic heterocycles. The van der Waals surface area contributed by atoms with Crippen LogP contribution in [0.4, 0.5) is 0 Å². The van der Waals surface area contributed by atoms with E-state index in [4.69, 9.17) is 0 Å². The van der Waals surface area contributed by atoms with Gasteiger partial charge in [-0.15, -0.1) is 11.3 Å². The Morgan fingerprint density at radius 3 is 2.40 bits per heavy atom. The largest absolute Gasteiger partial charge is 0.385 e. The van der Waals surface area contributed by atoms with E-state index in [1.807, 2.05) is 0 Å². The van der Waals surface area contributed by atoms with E-state index in [2.05, 4.69) is 29.6 Å². The molecule has 2 fully saturated rings. The summed E-state index contributed by atoms with van der Waals surface area (Å²) < 4.78 is 1.29. The van der Waals surface area contributed by atoms with Crippen molar-refractivity contribution in [1.82, 2.24) is 0 Å². The lowest BCUT2D eigenvalue weighted by molar-refractivity contribution is -0.0363. The van der Waals surface area contributed by atoms with Gasteiger partial charge in [0.15, 0.2) is 0 Å². The molecular formula is C18H22OS. The third-order valence-corrected chi connectivity index (χ3v) is 6.75. The van der Waals surface area contributed by atoms with Gasteiger partial charge in [-0.3, -0.25) is 0 Å². The summed E-state index contributed by atoms with van der Waals surface area (Å²) in [5.74, 6) is 0. The predicted molar refractivity (Wildman–Crippen MR) is 85.1 cm³/mol. The zero-order valence-corrected chi connectivity index (χ0v) is 12.7. The summed E-state index contributed by atoms with van der Waals surface area (Å²) in [7, 11) is 0. The van der Waals surface area contributed by atoms with E-state index in [-0.39, 0.29) is 0 Å². The highest BCUT2D eigenvalue weighted by molar-refractivity contribution is 7.17. The maximum Gasteiger partial charge on any atom is 0.0910 e. The first-order chi connectivity index (χ1) is 9.71. The third-order valence-electron chi connectivity index (χ3n) is 5.78. The molecule has 0 unspecified atom stereocenters.